The standard InChI is InChI=1S/C14H21ClO3/c1-3-7-16-8-9-18-13-6-5-12(11-15)10-14(13)17-4-2/h5-6,10H,3-4,7-9,11H2,1-2H3. The van der Waals surface area contributed by atoms with Crippen molar-refractivity contribution in [2.45, 2.75) is 26.1 Å². The van der Waals surface area contributed by atoms with Crippen molar-refractivity contribution in [3.05, 3.63) is 23.8 Å². The van der Waals surface area contributed by atoms with Gasteiger partial charge in [-0.15, -0.1) is 11.6 Å². The Balaban J connectivity index is 2.52. The van der Waals surface area contributed by atoms with Gasteiger partial charge in [0, 0.05) is 12.5 Å². The van der Waals surface area contributed by atoms with Crippen LogP contribution in [0.15, 0.2) is 18.2 Å². The van der Waals surface area contributed by atoms with Gasteiger partial charge in [0.1, 0.15) is 6.61 Å². The van der Waals surface area contributed by atoms with Crippen LogP contribution in [0.25, 0.3) is 0 Å². The molecule has 0 saturated heterocycles. The van der Waals surface area contributed by atoms with Crippen LogP contribution in [0.3, 0.4) is 0 Å². The molecule has 0 amide bonds. The van der Waals surface area contributed by atoms with Crippen molar-refractivity contribution >= 4 is 11.6 Å². The minimum atomic E-state index is 0.472. The third-order valence-electron chi connectivity index (χ3n) is 2.30. The molecule has 1 aromatic carbocycles. The van der Waals surface area contributed by atoms with Crippen LogP contribution in [0.5, 0.6) is 11.5 Å². The summed E-state index contributed by atoms with van der Waals surface area (Å²) in [5.41, 5.74) is 1.02. The van der Waals surface area contributed by atoms with E-state index in [1.54, 1.807) is 0 Å². The predicted octanol–water partition coefficient (Wildman–Crippen LogP) is 3.63. The minimum absolute atomic E-state index is 0.472. The summed E-state index contributed by atoms with van der Waals surface area (Å²) in [4.78, 5) is 0. The average Bonchev–Trinajstić information content (AvgIpc) is 2.40. The lowest BCUT2D eigenvalue weighted by Gasteiger charge is -2.13. The normalized spacial score (nSPS) is 10.4. The Hall–Kier alpha value is -0.930. The van der Waals surface area contributed by atoms with Gasteiger partial charge in [-0.2, -0.15) is 0 Å². The van der Waals surface area contributed by atoms with Gasteiger partial charge in [-0.3, -0.25) is 0 Å². The Labute approximate surface area is 114 Å². The summed E-state index contributed by atoms with van der Waals surface area (Å²) in [6, 6.07) is 5.75. The van der Waals surface area contributed by atoms with Gasteiger partial charge < -0.3 is 14.2 Å². The van der Waals surface area contributed by atoms with E-state index in [9.17, 15) is 0 Å². The molecule has 18 heavy (non-hydrogen) atoms. The molecule has 0 unspecified atom stereocenters. The number of ether oxygens (including phenoxy) is 3. The maximum atomic E-state index is 5.80. The van der Waals surface area contributed by atoms with Crippen LogP contribution < -0.4 is 9.47 Å². The summed E-state index contributed by atoms with van der Waals surface area (Å²) < 4.78 is 16.5. The highest BCUT2D eigenvalue weighted by atomic mass is 35.5. The van der Waals surface area contributed by atoms with Crippen molar-refractivity contribution in [3.8, 4) is 11.5 Å². The van der Waals surface area contributed by atoms with Gasteiger partial charge >= 0.3 is 0 Å². The van der Waals surface area contributed by atoms with E-state index in [-0.39, 0.29) is 0 Å². The SMILES string of the molecule is CCCOCCOc1ccc(CCl)cc1OCC. The van der Waals surface area contributed by atoms with Gasteiger partial charge in [0.25, 0.3) is 0 Å². The van der Waals surface area contributed by atoms with Crippen LogP contribution >= 0.6 is 11.6 Å². The van der Waals surface area contributed by atoms with Crippen LogP contribution in [0.4, 0.5) is 0 Å². The molecule has 0 saturated carbocycles. The first-order valence-corrected chi connectivity index (χ1v) is 6.87. The molecule has 0 fully saturated rings. The van der Waals surface area contributed by atoms with Gasteiger partial charge in [0.05, 0.1) is 13.2 Å². The average molecular weight is 273 g/mol. The molecule has 0 aliphatic heterocycles. The molecule has 0 aliphatic carbocycles. The quantitative estimate of drug-likeness (QED) is 0.507. The van der Waals surface area contributed by atoms with Crippen molar-refractivity contribution in [1.29, 1.82) is 0 Å². The lowest BCUT2D eigenvalue weighted by Crippen LogP contribution is -2.08. The molecule has 3 nitrogen and oxygen atoms in total. The molecule has 0 aromatic heterocycles. The first kappa shape index (κ1) is 15.1. The van der Waals surface area contributed by atoms with E-state index < -0.39 is 0 Å². The van der Waals surface area contributed by atoms with E-state index in [0.29, 0.717) is 25.7 Å². The molecule has 0 bridgehead atoms. The summed E-state index contributed by atoms with van der Waals surface area (Å²) in [6.07, 6.45) is 1.02. The molecule has 0 atom stereocenters. The van der Waals surface area contributed by atoms with Crippen molar-refractivity contribution in [2.75, 3.05) is 26.4 Å². The summed E-state index contributed by atoms with van der Waals surface area (Å²) >= 11 is 5.80. The Morgan fingerprint density at radius 3 is 2.50 bits per heavy atom. The fourth-order valence-electron chi connectivity index (χ4n) is 1.48. The first-order valence-electron chi connectivity index (χ1n) is 6.34. The number of rotatable bonds is 9. The zero-order valence-electron chi connectivity index (χ0n) is 11.1. The molecular formula is C14H21ClO3. The van der Waals surface area contributed by atoms with Gasteiger partial charge in [0.2, 0.25) is 0 Å². The second-order valence-corrected chi connectivity index (χ2v) is 4.08. The van der Waals surface area contributed by atoms with Crippen LogP contribution in [-0.4, -0.2) is 26.4 Å². The highest BCUT2D eigenvalue weighted by Gasteiger charge is 2.06. The maximum absolute atomic E-state index is 5.80. The summed E-state index contributed by atoms with van der Waals surface area (Å²) in [6.45, 7) is 6.53. The highest BCUT2D eigenvalue weighted by Crippen LogP contribution is 2.29. The molecule has 0 N–H and O–H groups in total. The van der Waals surface area contributed by atoms with Crippen LogP contribution in [0, 0.1) is 0 Å². The van der Waals surface area contributed by atoms with E-state index in [2.05, 4.69) is 6.92 Å². The Kier molecular flexibility index (Phi) is 7.62. The van der Waals surface area contributed by atoms with Gasteiger partial charge in [-0.25, -0.2) is 0 Å². The number of halogens is 1. The Morgan fingerprint density at radius 2 is 1.83 bits per heavy atom. The zero-order chi connectivity index (χ0) is 13.2. The third kappa shape index (κ3) is 5.15. The Bertz CT molecular complexity index is 342. The second kappa shape index (κ2) is 9.06. The first-order chi connectivity index (χ1) is 8.81. The maximum Gasteiger partial charge on any atom is 0.161 e. The topological polar surface area (TPSA) is 27.7 Å². The van der Waals surface area contributed by atoms with E-state index >= 15 is 0 Å². The van der Waals surface area contributed by atoms with Crippen molar-refractivity contribution in [1.82, 2.24) is 0 Å². The monoisotopic (exact) mass is 272 g/mol. The molecule has 4 heteroatoms. The molecule has 0 radical (unpaired) electrons. The van der Waals surface area contributed by atoms with E-state index in [0.717, 1.165) is 30.1 Å². The lowest BCUT2D eigenvalue weighted by molar-refractivity contribution is 0.0992. The lowest BCUT2D eigenvalue weighted by atomic mass is 10.2. The van der Waals surface area contributed by atoms with Crippen molar-refractivity contribution in [3.63, 3.8) is 0 Å². The molecule has 1 aromatic rings. The predicted molar refractivity (Wildman–Crippen MR) is 73.8 cm³/mol. The number of alkyl halides is 1. The summed E-state index contributed by atoms with van der Waals surface area (Å²) in [5.74, 6) is 1.96. The van der Waals surface area contributed by atoms with E-state index in [4.69, 9.17) is 25.8 Å². The highest BCUT2D eigenvalue weighted by molar-refractivity contribution is 6.17. The molecule has 102 valence electrons. The van der Waals surface area contributed by atoms with Gasteiger partial charge in [0.15, 0.2) is 11.5 Å². The van der Waals surface area contributed by atoms with Crippen LogP contribution in [0.2, 0.25) is 0 Å². The minimum Gasteiger partial charge on any atom is -0.490 e. The number of hydrogen-bond donors (Lipinski definition) is 0. The molecule has 1 rings (SSSR count). The molecule has 0 heterocycles. The van der Waals surface area contributed by atoms with Gasteiger partial charge in [-0.05, 0) is 31.0 Å². The second-order valence-electron chi connectivity index (χ2n) is 3.81. The van der Waals surface area contributed by atoms with Crippen molar-refractivity contribution in [2.24, 2.45) is 0 Å². The summed E-state index contributed by atoms with van der Waals surface area (Å²) in [5, 5.41) is 0. The summed E-state index contributed by atoms with van der Waals surface area (Å²) in [7, 11) is 0. The van der Waals surface area contributed by atoms with Gasteiger partial charge in [-0.1, -0.05) is 13.0 Å². The largest absolute Gasteiger partial charge is 0.490 e. The number of hydrogen-bond acceptors (Lipinski definition) is 3. The van der Waals surface area contributed by atoms with Crippen molar-refractivity contribution < 1.29 is 14.2 Å². The fraction of sp³-hybridized carbons (Fsp3) is 0.571. The van der Waals surface area contributed by atoms with E-state index in [1.807, 2.05) is 25.1 Å². The fourth-order valence-corrected chi connectivity index (χ4v) is 1.65. The van der Waals surface area contributed by atoms with Crippen LogP contribution in [0.1, 0.15) is 25.8 Å². The molecule has 0 spiro atoms. The smallest absolute Gasteiger partial charge is 0.161 e. The van der Waals surface area contributed by atoms with Crippen LogP contribution in [-0.2, 0) is 10.6 Å². The number of benzene rings is 1. The zero-order valence-corrected chi connectivity index (χ0v) is 11.8. The third-order valence-corrected chi connectivity index (χ3v) is 2.60. The molecule has 0 aliphatic rings. The molecular weight excluding hydrogens is 252 g/mol. The Morgan fingerprint density at radius 1 is 1.00 bits per heavy atom. The van der Waals surface area contributed by atoms with E-state index in [1.165, 1.54) is 0 Å².